The number of aryl methyl sites for hydroxylation is 1. The van der Waals surface area contributed by atoms with Gasteiger partial charge in [0.25, 0.3) is 0 Å². The van der Waals surface area contributed by atoms with Gasteiger partial charge in [-0.3, -0.25) is 4.79 Å². The SMILES string of the molecule is CNC(=O)CCn1ccc2c1CC(C)(C)CC2O. The van der Waals surface area contributed by atoms with E-state index in [-0.39, 0.29) is 17.4 Å². The van der Waals surface area contributed by atoms with Gasteiger partial charge in [0, 0.05) is 37.5 Å². The number of aliphatic hydroxyl groups is 1. The second-order valence-corrected chi connectivity index (χ2v) is 5.90. The minimum Gasteiger partial charge on any atom is -0.388 e. The van der Waals surface area contributed by atoms with Crippen molar-refractivity contribution in [2.45, 2.75) is 45.8 Å². The number of aliphatic hydroxyl groups excluding tert-OH is 1. The van der Waals surface area contributed by atoms with Gasteiger partial charge in [-0.25, -0.2) is 0 Å². The fraction of sp³-hybridized carbons (Fsp3) is 0.643. The first kappa shape index (κ1) is 13.1. The molecule has 2 rings (SSSR count). The molecule has 0 aliphatic heterocycles. The molecule has 2 N–H and O–H groups in total. The predicted molar refractivity (Wildman–Crippen MR) is 70.2 cm³/mol. The molecular formula is C14H22N2O2. The van der Waals surface area contributed by atoms with Crippen LogP contribution in [-0.4, -0.2) is 22.6 Å². The maximum absolute atomic E-state index is 11.3. The molecule has 0 aromatic carbocycles. The molecule has 0 fully saturated rings. The molecule has 1 aliphatic rings. The number of carbonyl (C=O) groups excluding carboxylic acids is 1. The van der Waals surface area contributed by atoms with Crippen molar-refractivity contribution in [3.8, 4) is 0 Å². The van der Waals surface area contributed by atoms with Gasteiger partial charge in [-0.15, -0.1) is 0 Å². The zero-order chi connectivity index (χ0) is 13.3. The number of hydrogen-bond acceptors (Lipinski definition) is 2. The highest BCUT2D eigenvalue weighted by molar-refractivity contribution is 5.75. The van der Waals surface area contributed by atoms with E-state index < -0.39 is 0 Å². The Kier molecular flexibility index (Phi) is 3.48. The largest absolute Gasteiger partial charge is 0.388 e. The van der Waals surface area contributed by atoms with Crippen LogP contribution in [0.15, 0.2) is 12.3 Å². The summed E-state index contributed by atoms with van der Waals surface area (Å²) in [6.45, 7) is 5.03. The highest BCUT2D eigenvalue weighted by Gasteiger charge is 2.33. The van der Waals surface area contributed by atoms with E-state index in [0.29, 0.717) is 13.0 Å². The highest BCUT2D eigenvalue weighted by Crippen LogP contribution is 2.41. The van der Waals surface area contributed by atoms with Crippen LogP contribution in [-0.2, 0) is 17.8 Å². The maximum Gasteiger partial charge on any atom is 0.221 e. The van der Waals surface area contributed by atoms with E-state index in [0.717, 1.165) is 18.4 Å². The summed E-state index contributed by atoms with van der Waals surface area (Å²) < 4.78 is 2.11. The molecule has 1 amide bonds. The van der Waals surface area contributed by atoms with Crippen molar-refractivity contribution in [2.75, 3.05) is 7.05 Å². The summed E-state index contributed by atoms with van der Waals surface area (Å²) >= 11 is 0. The summed E-state index contributed by atoms with van der Waals surface area (Å²) in [4.78, 5) is 11.3. The average Bonchev–Trinajstić information content (AvgIpc) is 2.67. The Bertz CT molecular complexity index is 449. The van der Waals surface area contributed by atoms with Gasteiger partial charge in [-0.1, -0.05) is 13.8 Å². The average molecular weight is 250 g/mol. The third-order valence-corrected chi connectivity index (χ3v) is 3.72. The van der Waals surface area contributed by atoms with Crippen LogP contribution in [0.4, 0.5) is 0 Å². The first-order valence-corrected chi connectivity index (χ1v) is 6.49. The molecule has 4 nitrogen and oxygen atoms in total. The van der Waals surface area contributed by atoms with Crippen LogP contribution in [0.2, 0.25) is 0 Å². The van der Waals surface area contributed by atoms with E-state index in [9.17, 15) is 9.90 Å². The number of nitrogens with one attached hydrogen (secondary N) is 1. The molecule has 4 heteroatoms. The number of rotatable bonds is 3. The molecule has 1 aliphatic carbocycles. The molecule has 1 aromatic rings. The number of amides is 1. The number of aromatic nitrogens is 1. The Morgan fingerprint density at radius 3 is 3.00 bits per heavy atom. The highest BCUT2D eigenvalue weighted by atomic mass is 16.3. The van der Waals surface area contributed by atoms with Gasteiger partial charge in [-0.05, 0) is 24.3 Å². The Morgan fingerprint density at radius 1 is 1.61 bits per heavy atom. The third-order valence-electron chi connectivity index (χ3n) is 3.72. The van der Waals surface area contributed by atoms with Crippen molar-refractivity contribution < 1.29 is 9.90 Å². The van der Waals surface area contributed by atoms with Crippen molar-refractivity contribution in [3.05, 3.63) is 23.5 Å². The molecule has 1 aromatic heterocycles. The smallest absolute Gasteiger partial charge is 0.221 e. The van der Waals surface area contributed by atoms with Gasteiger partial charge >= 0.3 is 0 Å². The van der Waals surface area contributed by atoms with Gasteiger partial charge in [0.15, 0.2) is 0 Å². The second-order valence-electron chi connectivity index (χ2n) is 5.90. The van der Waals surface area contributed by atoms with Crippen LogP contribution in [0, 0.1) is 5.41 Å². The van der Waals surface area contributed by atoms with Crippen LogP contribution < -0.4 is 5.32 Å². The monoisotopic (exact) mass is 250 g/mol. The number of carbonyl (C=O) groups is 1. The number of hydrogen-bond donors (Lipinski definition) is 2. The van der Waals surface area contributed by atoms with Gasteiger partial charge in [0.2, 0.25) is 5.91 Å². The lowest BCUT2D eigenvalue weighted by molar-refractivity contribution is -0.120. The lowest BCUT2D eigenvalue weighted by atomic mass is 9.75. The van der Waals surface area contributed by atoms with Crippen LogP contribution in [0.3, 0.4) is 0 Å². The fourth-order valence-electron chi connectivity index (χ4n) is 2.74. The Labute approximate surface area is 108 Å². The molecule has 18 heavy (non-hydrogen) atoms. The summed E-state index contributed by atoms with van der Waals surface area (Å²) in [5, 5.41) is 12.8. The maximum atomic E-state index is 11.3. The van der Waals surface area contributed by atoms with E-state index >= 15 is 0 Å². The molecule has 0 saturated carbocycles. The lowest BCUT2D eigenvalue weighted by Gasteiger charge is -2.33. The summed E-state index contributed by atoms with van der Waals surface area (Å²) in [7, 11) is 1.65. The van der Waals surface area contributed by atoms with Crippen molar-refractivity contribution in [2.24, 2.45) is 5.41 Å². The second kappa shape index (κ2) is 4.76. The van der Waals surface area contributed by atoms with Crippen LogP contribution >= 0.6 is 0 Å². The van der Waals surface area contributed by atoms with Gasteiger partial charge < -0.3 is 15.0 Å². The third kappa shape index (κ3) is 2.58. The van der Waals surface area contributed by atoms with E-state index in [1.807, 2.05) is 12.3 Å². The molecule has 1 heterocycles. The zero-order valence-electron chi connectivity index (χ0n) is 11.4. The van der Waals surface area contributed by atoms with Crippen molar-refractivity contribution in [1.82, 2.24) is 9.88 Å². The fourth-order valence-corrected chi connectivity index (χ4v) is 2.74. The molecule has 0 spiro atoms. The summed E-state index contributed by atoms with van der Waals surface area (Å²) in [5.41, 5.74) is 2.34. The topological polar surface area (TPSA) is 54.3 Å². The molecule has 0 saturated heterocycles. The van der Waals surface area contributed by atoms with E-state index in [1.54, 1.807) is 7.05 Å². The standard InChI is InChI=1S/C14H22N2O2/c1-14(2)8-11-10(12(17)9-14)4-6-16(11)7-5-13(18)15-3/h4,6,12,17H,5,7-9H2,1-3H3,(H,15,18). The predicted octanol–water partition coefficient (Wildman–Crippen LogP) is 1.63. The molecule has 1 atom stereocenters. The number of nitrogens with zero attached hydrogens (tertiary/aromatic N) is 1. The minimum atomic E-state index is -0.370. The quantitative estimate of drug-likeness (QED) is 0.856. The van der Waals surface area contributed by atoms with E-state index in [2.05, 4.69) is 23.7 Å². The summed E-state index contributed by atoms with van der Waals surface area (Å²) in [6.07, 6.45) is 3.86. The van der Waals surface area contributed by atoms with Gasteiger partial charge in [0.05, 0.1) is 6.10 Å². The first-order chi connectivity index (χ1) is 8.43. The Hall–Kier alpha value is -1.29. The number of fused-ring (bicyclic) bond motifs is 1. The molecule has 0 radical (unpaired) electrons. The van der Waals surface area contributed by atoms with Crippen LogP contribution in [0.5, 0.6) is 0 Å². The summed E-state index contributed by atoms with van der Waals surface area (Å²) in [6, 6.07) is 1.99. The van der Waals surface area contributed by atoms with Crippen molar-refractivity contribution in [1.29, 1.82) is 0 Å². The van der Waals surface area contributed by atoms with Gasteiger partial charge in [0.1, 0.15) is 0 Å². The normalized spacial score (nSPS) is 21.4. The van der Waals surface area contributed by atoms with E-state index in [4.69, 9.17) is 0 Å². The van der Waals surface area contributed by atoms with E-state index in [1.165, 1.54) is 5.69 Å². The van der Waals surface area contributed by atoms with Crippen molar-refractivity contribution in [3.63, 3.8) is 0 Å². The molecule has 1 unspecified atom stereocenters. The lowest BCUT2D eigenvalue weighted by Crippen LogP contribution is -2.27. The van der Waals surface area contributed by atoms with Crippen LogP contribution in [0.25, 0.3) is 0 Å². The molecule has 100 valence electrons. The molecule has 0 bridgehead atoms. The minimum absolute atomic E-state index is 0.0491. The van der Waals surface area contributed by atoms with Crippen molar-refractivity contribution >= 4 is 5.91 Å². The van der Waals surface area contributed by atoms with Crippen LogP contribution in [0.1, 0.15) is 44.1 Å². The Balaban J connectivity index is 2.17. The first-order valence-electron chi connectivity index (χ1n) is 6.49. The molecular weight excluding hydrogens is 228 g/mol. The zero-order valence-corrected chi connectivity index (χ0v) is 11.4. The Morgan fingerprint density at radius 2 is 2.33 bits per heavy atom. The summed E-state index contributed by atoms with van der Waals surface area (Å²) in [5.74, 6) is 0.0491. The van der Waals surface area contributed by atoms with Gasteiger partial charge in [-0.2, -0.15) is 0 Å².